The van der Waals surface area contributed by atoms with E-state index in [0.29, 0.717) is 27.8 Å². The van der Waals surface area contributed by atoms with Crippen LogP contribution >= 0.6 is 0 Å². The summed E-state index contributed by atoms with van der Waals surface area (Å²) in [4.78, 5) is 0. The molecular formula is C57H33N5. The van der Waals surface area contributed by atoms with E-state index in [2.05, 4.69) is 130 Å². The minimum absolute atomic E-state index is 0.388. The van der Waals surface area contributed by atoms with Gasteiger partial charge in [0, 0.05) is 49.6 Å². The van der Waals surface area contributed by atoms with E-state index in [1.165, 1.54) is 5.39 Å². The Morgan fingerprint density at radius 1 is 0.306 bits per heavy atom. The fraction of sp³-hybridized carbons (Fsp3) is 0. The molecule has 286 valence electrons. The third-order valence-electron chi connectivity index (χ3n) is 12.0. The van der Waals surface area contributed by atoms with Gasteiger partial charge in [0.2, 0.25) is 0 Å². The number of nitrogens with zero attached hydrogens (tertiary/aromatic N) is 5. The van der Waals surface area contributed by atoms with E-state index in [1.807, 2.05) is 97.1 Å². The Bertz CT molecular complexity index is 3690. The molecule has 11 rings (SSSR count). The van der Waals surface area contributed by atoms with Crippen LogP contribution in [-0.4, -0.2) is 9.13 Å². The van der Waals surface area contributed by atoms with E-state index in [-0.39, 0.29) is 0 Å². The van der Waals surface area contributed by atoms with Crippen LogP contribution in [-0.2, 0) is 0 Å². The van der Waals surface area contributed by atoms with Crippen molar-refractivity contribution in [1.29, 1.82) is 15.8 Å². The molecule has 5 heteroatoms. The van der Waals surface area contributed by atoms with Crippen molar-refractivity contribution in [2.24, 2.45) is 0 Å². The van der Waals surface area contributed by atoms with E-state index in [4.69, 9.17) is 0 Å². The van der Waals surface area contributed by atoms with Gasteiger partial charge < -0.3 is 9.13 Å². The summed E-state index contributed by atoms with van der Waals surface area (Å²) in [5, 5.41) is 36.7. The second-order valence-corrected chi connectivity index (χ2v) is 15.4. The summed E-state index contributed by atoms with van der Waals surface area (Å²) in [6.45, 7) is 0. The number of rotatable bonds is 6. The highest BCUT2D eigenvalue weighted by Crippen LogP contribution is 2.44. The average molecular weight is 788 g/mol. The maximum atomic E-state index is 10.8. The third kappa shape index (κ3) is 5.68. The summed E-state index contributed by atoms with van der Waals surface area (Å²) < 4.78 is 4.68. The SMILES string of the molecule is N#Cc1cc(-c2cc(-c3ccccc3)c(C#N)c(-c3ccccc3)c2C#N)ccc1-c1ccc2c(c1)c1cc3c4ccccc4n(-c4ccccc4)c3cc1n2-c1ccccc1. The van der Waals surface area contributed by atoms with Crippen molar-refractivity contribution in [3.63, 3.8) is 0 Å². The number of aromatic nitrogens is 2. The van der Waals surface area contributed by atoms with Crippen molar-refractivity contribution in [3.8, 4) is 74.1 Å². The summed E-state index contributed by atoms with van der Waals surface area (Å²) in [7, 11) is 0. The quantitative estimate of drug-likeness (QED) is 0.168. The minimum Gasteiger partial charge on any atom is -0.309 e. The predicted molar refractivity (Wildman–Crippen MR) is 251 cm³/mol. The van der Waals surface area contributed by atoms with Gasteiger partial charge in [-0.05, 0) is 94.5 Å². The zero-order chi connectivity index (χ0) is 41.7. The van der Waals surface area contributed by atoms with E-state index in [9.17, 15) is 15.8 Å². The van der Waals surface area contributed by atoms with Crippen molar-refractivity contribution in [2.45, 2.75) is 0 Å². The molecule has 0 aliphatic heterocycles. The van der Waals surface area contributed by atoms with E-state index < -0.39 is 0 Å². The zero-order valence-electron chi connectivity index (χ0n) is 33.3. The van der Waals surface area contributed by atoms with Crippen LogP contribution in [0.1, 0.15) is 16.7 Å². The van der Waals surface area contributed by atoms with Crippen LogP contribution < -0.4 is 0 Å². The minimum atomic E-state index is 0.388. The van der Waals surface area contributed by atoms with Gasteiger partial charge in [0.1, 0.15) is 12.1 Å². The molecule has 62 heavy (non-hydrogen) atoms. The largest absolute Gasteiger partial charge is 0.309 e. The first-order valence-corrected chi connectivity index (χ1v) is 20.4. The lowest BCUT2D eigenvalue weighted by Gasteiger charge is -2.17. The summed E-state index contributed by atoms with van der Waals surface area (Å²) in [5.74, 6) is 0. The molecule has 0 bridgehead atoms. The summed E-state index contributed by atoms with van der Waals surface area (Å²) in [6, 6.07) is 75.2. The topological polar surface area (TPSA) is 81.2 Å². The molecule has 0 unspecified atom stereocenters. The fourth-order valence-corrected chi connectivity index (χ4v) is 9.30. The number of para-hydroxylation sites is 3. The third-order valence-corrected chi connectivity index (χ3v) is 12.0. The smallest absolute Gasteiger partial charge is 0.100 e. The molecule has 0 spiro atoms. The molecule has 0 N–H and O–H groups in total. The molecule has 11 aromatic rings. The highest BCUT2D eigenvalue weighted by molar-refractivity contribution is 6.19. The van der Waals surface area contributed by atoms with Crippen molar-refractivity contribution in [1.82, 2.24) is 9.13 Å². The molecule has 0 saturated carbocycles. The van der Waals surface area contributed by atoms with Crippen LogP contribution in [0.5, 0.6) is 0 Å². The lowest BCUT2D eigenvalue weighted by molar-refractivity contribution is 1.16. The maximum Gasteiger partial charge on any atom is 0.100 e. The van der Waals surface area contributed by atoms with E-state index in [1.54, 1.807) is 0 Å². The molecule has 5 nitrogen and oxygen atoms in total. The molecule has 0 saturated heterocycles. The van der Waals surface area contributed by atoms with Gasteiger partial charge in [-0.25, -0.2) is 0 Å². The highest BCUT2D eigenvalue weighted by Gasteiger charge is 2.23. The molecular weight excluding hydrogens is 755 g/mol. The summed E-state index contributed by atoms with van der Waals surface area (Å²) in [6.07, 6.45) is 0. The standard InChI is InChI=1S/C57H33N5/c58-34-41-29-39(47-31-46(37-15-5-1-6-16-37)51(35-59)57(52(47)36-60)38-17-7-2-8-18-38)25-27-44(41)40-26-28-54-48(30-40)50-32-49-45-23-13-14-24-53(45)61(42-19-9-3-10-20-42)55(49)33-56(50)62(54)43-21-11-4-12-22-43/h1-33H. The van der Waals surface area contributed by atoms with Crippen LogP contribution in [0, 0.1) is 34.0 Å². The van der Waals surface area contributed by atoms with Crippen molar-refractivity contribution < 1.29 is 0 Å². The van der Waals surface area contributed by atoms with Gasteiger partial charge in [-0.15, -0.1) is 0 Å². The van der Waals surface area contributed by atoms with Gasteiger partial charge >= 0.3 is 0 Å². The first-order valence-electron chi connectivity index (χ1n) is 20.4. The van der Waals surface area contributed by atoms with Gasteiger partial charge in [-0.1, -0.05) is 133 Å². The molecule has 0 fully saturated rings. The Morgan fingerprint density at radius 2 is 0.790 bits per heavy atom. The molecule has 2 aromatic heterocycles. The zero-order valence-corrected chi connectivity index (χ0v) is 33.3. The molecule has 0 aliphatic carbocycles. The maximum absolute atomic E-state index is 10.8. The Hall–Kier alpha value is -8.95. The predicted octanol–water partition coefficient (Wildman–Crippen LogP) is 14.2. The number of nitriles is 3. The Kier molecular flexibility index (Phi) is 8.57. The molecule has 0 aliphatic rings. The van der Waals surface area contributed by atoms with Crippen LogP contribution in [0.4, 0.5) is 0 Å². The first-order chi connectivity index (χ1) is 30.6. The average Bonchev–Trinajstić information content (AvgIpc) is 3.84. The van der Waals surface area contributed by atoms with Crippen molar-refractivity contribution in [2.75, 3.05) is 0 Å². The van der Waals surface area contributed by atoms with Gasteiger partial charge in [0.05, 0.1) is 44.8 Å². The normalized spacial score (nSPS) is 11.2. The lowest BCUT2D eigenvalue weighted by Crippen LogP contribution is -1.98. The second kappa shape index (κ2) is 14.7. The van der Waals surface area contributed by atoms with Crippen LogP contribution in [0.2, 0.25) is 0 Å². The monoisotopic (exact) mass is 787 g/mol. The molecule has 0 radical (unpaired) electrons. The Labute approximate surface area is 358 Å². The second-order valence-electron chi connectivity index (χ2n) is 15.4. The Balaban J connectivity index is 1.13. The van der Waals surface area contributed by atoms with E-state index >= 15 is 0 Å². The number of hydrogen-bond donors (Lipinski definition) is 0. The fourth-order valence-electron chi connectivity index (χ4n) is 9.30. The van der Waals surface area contributed by atoms with Crippen LogP contribution in [0.25, 0.3) is 99.5 Å². The molecule has 2 heterocycles. The summed E-state index contributed by atoms with van der Waals surface area (Å²) in [5.41, 5.74) is 13.9. The highest BCUT2D eigenvalue weighted by atomic mass is 15.0. The van der Waals surface area contributed by atoms with Crippen molar-refractivity contribution in [3.05, 3.63) is 217 Å². The molecule has 0 amide bonds. The first kappa shape index (κ1) is 36.2. The van der Waals surface area contributed by atoms with Gasteiger partial charge in [0.15, 0.2) is 0 Å². The van der Waals surface area contributed by atoms with Crippen LogP contribution in [0.3, 0.4) is 0 Å². The molecule has 9 aromatic carbocycles. The van der Waals surface area contributed by atoms with E-state index in [0.717, 1.165) is 83.0 Å². The number of benzene rings is 9. The van der Waals surface area contributed by atoms with Crippen LogP contribution in [0.15, 0.2) is 200 Å². The van der Waals surface area contributed by atoms with Gasteiger partial charge in [-0.3, -0.25) is 0 Å². The Morgan fingerprint density at radius 3 is 1.40 bits per heavy atom. The molecule has 0 atom stereocenters. The van der Waals surface area contributed by atoms with Gasteiger partial charge in [0.25, 0.3) is 0 Å². The summed E-state index contributed by atoms with van der Waals surface area (Å²) >= 11 is 0. The van der Waals surface area contributed by atoms with Crippen molar-refractivity contribution >= 4 is 43.6 Å². The number of fused-ring (bicyclic) bond motifs is 6. The van der Waals surface area contributed by atoms with Gasteiger partial charge in [-0.2, -0.15) is 15.8 Å². The number of hydrogen-bond acceptors (Lipinski definition) is 3. The lowest BCUT2D eigenvalue weighted by atomic mass is 9.83.